The Bertz CT molecular complexity index is 581. The molecule has 6 nitrogen and oxygen atoms in total. The van der Waals surface area contributed by atoms with Crippen LogP contribution in [0.5, 0.6) is 5.75 Å². The van der Waals surface area contributed by atoms with Gasteiger partial charge in [0, 0.05) is 5.56 Å². The monoisotopic (exact) mass is 244 g/mol. The molecule has 18 heavy (non-hydrogen) atoms. The third kappa shape index (κ3) is 2.22. The van der Waals surface area contributed by atoms with E-state index in [1.165, 1.54) is 6.20 Å². The summed E-state index contributed by atoms with van der Waals surface area (Å²) in [6.07, 6.45) is 1.49. The Morgan fingerprint density at radius 3 is 2.50 bits per heavy atom. The first-order valence-corrected chi connectivity index (χ1v) is 5.18. The Kier molecular flexibility index (Phi) is 3.09. The van der Waals surface area contributed by atoms with Crippen LogP contribution in [-0.2, 0) is 0 Å². The molecule has 92 valence electrons. The molecule has 0 aliphatic rings. The van der Waals surface area contributed by atoms with Crippen molar-refractivity contribution < 1.29 is 9.53 Å². The van der Waals surface area contributed by atoms with Gasteiger partial charge in [-0.2, -0.15) is 0 Å². The number of nitrogens with two attached hydrogens (primary N) is 2. The van der Waals surface area contributed by atoms with Gasteiger partial charge in [0.1, 0.15) is 5.75 Å². The van der Waals surface area contributed by atoms with Gasteiger partial charge in [0.05, 0.1) is 19.0 Å². The normalized spacial score (nSPS) is 10.1. The first-order valence-electron chi connectivity index (χ1n) is 5.18. The number of carbonyl (C=O) groups excluding carboxylic acids is 1. The van der Waals surface area contributed by atoms with Gasteiger partial charge in [0.25, 0.3) is 5.91 Å². The lowest BCUT2D eigenvalue weighted by atomic mass is 10.1. The van der Waals surface area contributed by atoms with Gasteiger partial charge in [-0.3, -0.25) is 4.79 Å². The quantitative estimate of drug-likeness (QED) is 0.832. The zero-order valence-electron chi connectivity index (χ0n) is 9.75. The zero-order chi connectivity index (χ0) is 13.1. The lowest BCUT2D eigenvalue weighted by Gasteiger charge is -2.05. The molecule has 0 radical (unpaired) electrons. The van der Waals surface area contributed by atoms with Gasteiger partial charge in [-0.25, -0.2) is 9.97 Å². The second-order valence-electron chi connectivity index (χ2n) is 3.58. The van der Waals surface area contributed by atoms with E-state index in [9.17, 15) is 4.79 Å². The molecule has 0 bridgehead atoms. The molecule has 0 atom stereocenters. The number of nitrogens with zero attached hydrogens (tertiary/aromatic N) is 2. The Hall–Kier alpha value is -2.63. The minimum atomic E-state index is -0.699. The molecule has 0 aliphatic heterocycles. The van der Waals surface area contributed by atoms with E-state index in [2.05, 4.69) is 9.97 Å². The van der Waals surface area contributed by atoms with E-state index in [0.29, 0.717) is 5.69 Å². The summed E-state index contributed by atoms with van der Waals surface area (Å²) in [5.41, 5.74) is 12.0. The van der Waals surface area contributed by atoms with E-state index >= 15 is 0 Å². The van der Waals surface area contributed by atoms with Crippen LogP contribution >= 0.6 is 0 Å². The SMILES string of the molecule is COc1ccc(-c2cnc(N)c(C(N)=O)n2)cc1. The number of primary amides is 1. The largest absolute Gasteiger partial charge is 0.497 e. The van der Waals surface area contributed by atoms with E-state index in [1.807, 2.05) is 12.1 Å². The Balaban J connectivity index is 2.44. The van der Waals surface area contributed by atoms with Crippen LogP contribution in [0.15, 0.2) is 30.5 Å². The van der Waals surface area contributed by atoms with Crippen molar-refractivity contribution in [3.8, 4) is 17.0 Å². The second-order valence-corrected chi connectivity index (χ2v) is 3.58. The number of hydrogen-bond donors (Lipinski definition) is 2. The molecule has 1 aromatic heterocycles. The molecule has 4 N–H and O–H groups in total. The standard InChI is InChI=1S/C12H12N4O2/c1-18-8-4-2-7(3-5-8)9-6-15-11(13)10(16-9)12(14)17/h2-6H,1H3,(H2,13,15)(H2,14,17). The molecule has 1 aromatic carbocycles. The number of amides is 1. The minimum Gasteiger partial charge on any atom is -0.497 e. The number of rotatable bonds is 3. The lowest BCUT2D eigenvalue weighted by molar-refractivity contribution is 0.0996. The number of anilines is 1. The summed E-state index contributed by atoms with van der Waals surface area (Å²) in [5.74, 6) is 0.0624. The van der Waals surface area contributed by atoms with Crippen molar-refractivity contribution in [2.75, 3.05) is 12.8 Å². The smallest absolute Gasteiger partial charge is 0.271 e. The third-order valence-corrected chi connectivity index (χ3v) is 2.42. The van der Waals surface area contributed by atoms with Gasteiger partial charge >= 0.3 is 0 Å². The van der Waals surface area contributed by atoms with Gasteiger partial charge in [-0.15, -0.1) is 0 Å². The molecule has 1 heterocycles. The Labute approximate surface area is 104 Å². The summed E-state index contributed by atoms with van der Waals surface area (Å²) in [5, 5.41) is 0. The lowest BCUT2D eigenvalue weighted by Crippen LogP contribution is -2.16. The Morgan fingerprint density at radius 1 is 1.28 bits per heavy atom. The molecule has 0 saturated heterocycles. The van der Waals surface area contributed by atoms with Crippen LogP contribution < -0.4 is 16.2 Å². The summed E-state index contributed by atoms with van der Waals surface area (Å²) < 4.78 is 5.06. The fourth-order valence-corrected chi connectivity index (χ4v) is 1.48. The second kappa shape index (κ2) is 4.70. The van der Waals surface area contributed by atoms with Crippen molar-refractivity contribution in [2.24, 2.45) is 5.73 Å². The Morgan fingerprint density at radius 2 is 1.94 bits per heavy atom. The molecule has 6 heteroatoms. The van der Waals surface area contributed by atoms with E-state index in [0.717, 1.165) is 11.3 Å². The fraction of sp³-hybridized carbons (Fsp3) is 0.0833. The van der Waals surface area contributed by atoms with E-state index in [-0.39, 0.29) is 11.5 Å². The van der Waals surface area contributed by atoms with Crippen LogP contribution in [0.3, 0.4) is 0 Å². The number of ether oxygens (including phenoxy) is 1. The van der Waals surface area contributed by atoms with Gasteiger partial charge in [-0.1, -0.05) is 0 Å². The summed E-state index contributed by atoms with van der Waals surface area (Å²) in [6, 6.07) is 7.20. The van der Waals surface area contributed by atoms with E-state index in [4.69, 9.17) is 16.2 Å². The highest BCUT2D eigenvalue weighted by Gasteiger charge is 2.11. The van der Waals surface area contributed by atoms with Crippen LogP contribution in [0.1, 0.15) is 10.5 Å². The summed E-state index contributed by atoms with van der Waals surface area (Å²) in [4.78, 5) is 19.1. The summed E-state index contributed by atoms with van der Waals surface area (Å²) in [6.45, 7) is 0. The predicted molar refractivity (Wildman–Crippen MR) is 67.0 cm³/mol. The maximum absolute atomic E-state index is 11.1. The minimum absolute atomic E-state index is 0.0247. The number of aromatic nitrogens is 2. The predicted octanol–water partition coefficient (Wildman–Crippen LogP) is 0.833. The van der Waals surface area contributed by atoms with Gasteiger partial charge in [0.2, 0.25) is 0 Å². The van der Waals surface area contributed by atoms with Gasteiger partial charge in [0.15, 0.2) is 11.5 Å². The van der Waals surface area contributed by atoms with E-state index < -0.39 is 5.91 Å². The van der Waals surface area contributed by atoms with Crippen LogP contribution in [-0.4, -0.2) is 23.0 Å². The third-order valence-electron chi connectivity index (χ3n) is 2.42. The number of hydrogen-bond acceptors (Lipinski definition) is 5. The van der Waals surface area contributed by atoms with Crippen molar-refractivity contribution in [1.29, 1.82) is 0 Å². The van der Waals surface area contributed by atoms with E-state index in [1.54, 1.807) is 19.2 Å². The zero-order valence-corrected chi connectivity index (χ0v) is 9.75. The first-order chi connectivity index (χ1) is 8.61. The van der Waals surface area contributed by atoms with Gasteiger partial charge < -0.3 is 16.2 Å². The van der Waals surface area contributed by atoms with Crippen molar-refractivity contribution >= 4 is 11.7 Å². The van der Waals surface area contributed by atoms with Crippen molar-refractivity contribution in [2.45, 2.75) is 0 Å². The molecule has 2 rings (SSSR count). The molecule has 0 fully saturated rings. The van der Waals surface area contributed by atoms with Crippen LogP contribution in [0.2, 0.25) is 0 Å². The topological polar surface area (TPSA) is 104 Å². The summed E-state index contributed by atoms with van der Waals surface area (Å²) in [7, 11) is 1.59. The van der Waals surface area contributed by atoms with Crippen molar-refractivity contribution in [3.63, 3.8) is 0 Å². The first kappa shape index (κ1) is 11.8. The fourth-order valence-electron chi connectivity index (χ4n) is 1.48. The average Bonchev–Trinajstić information content (AvgIpc) is 2.39. The highest BCUT2D eigenvalue weighted by Crippen LogP contribution is 2.21. The maximum Gasteiger partial charge on any atom is 0.271 e. The molecule has 0 spiro atoms. The summed E-state index contributed by atoms with van der Waals surface area (Å²) >= 11 is 0. The molecular formula is C12H12N4O2. The molecule has 0 saturated carbocycles. The number of methoxy groups -OCH3 is 1. The highest BCUT2D eigenvalue weighted by atomic mass is 16.5. The number of nitrogen functional groups attached to an aromatic ring is 1. The number of carbonyl (C=O) groups is 1. The molecule has 2 aromatic rings. The molecule has 0 aliphatic carbocycles. The molecule has 1 amide bonds. The average molecular weight is 244 g/mol. The van der Waals surface area contributed by atoms with Gasteiger partial charge in [-0.05, 0) is 24.3 Å². The van der Waals surface area contributed by atoms with Crippen LogP contribution in [0, 0.1) is 0 Å². The van der Waals surface area contributed by atoms with Crippen molar-refractivity contribution in [3.05, 3.63) is 36.2 Å². The number of benzene rings is 1. The van der Waals surface area contributed by atoms with Crippen LogP contribution in [0.4, 0.5) is 5.82 Å². The maximum atomic E-state index is 11.1. The van der Waals surface area contributed by atoms with Crippen molar-refractivity contribution in [1.82, 2.24) is 9.97 Å². The molecular weight excluding hydrogens is 232 g/mol. The highest BCUT2D eigenvalue weighted by molar-refractivity contribution is 5.95. The van der Waals surface area contributed by atoms with Crippen LogP contribution in [0.25, 0.3) is 11.3 Å². The molecule has 0 unspecified atom stereocenters.